The Labute approximate surface area is 115 Å². The van der Waals surface area contributed by atoms with Crippen LogP contribution in [0.5, 0.6) is 0 Å². The Morgan fingerprint density at radius 1 is 1.40 bits per heavy atom. The Kier molecular flexibility index (Phi) is 3.71. The predicted octanol–water partition coefficient (Wildman–Crippen LogP) is 1.78. The van der Waals surface area contributed by atoms with Crippen LogP contribution in [-0.4, -0.2) is 23.0 Å². The van der Waals surface area contributed by atoms with Gasteiger partial charge in [-0.2, -0.15) is 0 Å². The topological polar surface area (TPSA) is 98.7 Å². The van der Waals surface area contributed by atoms with E-state index < -0.39 is 10.8 Å². The van der Waals surface area contributed by atoms with Gasteiger partial charge in [-0.25, -0.2) is 5.06 Å². The molecule has 1 aliphatic rings. The van der Waals surface area contributed by atoms with Gasteiger partial charge in [0.2, 0.25) is 5.91 Å². The maximum absolute atomic E-state index is 11.2. The minimum absolute atomic E-state index is 0.0914. The molecular formula is C13H15N3O4. The zero-order chi connectivity index (χ0) is 14.9. The van der Waals surface area contributed by atoms with Crippen LogP contribution in [0.25, 0.3) is 0 Å². The summed E-state index contributed by atoms with van der Waals surface area (Å²) in [5.41, 5.74) is 5.32. The van der Waals surface area contributed by atoms with Gasteiger partial charge in [0.1, 0.15) is 11.8 Å². The van der Waals surface area contributed by atoms with Crippen LogP contribution in [0.3, 0.4) is 0 Å². The first-order valence-corrected chi connectivity index (χ1v) is 6.12. The van der Waals surface area contributed by atoms with E-state index in [9.17, 15) is 14.9 Å². The van der Waals surface area contributed by atoms with Crippen molar-refractivity contribution in [3.8, 4) is 0 Å². The highest BCUT2D eigenvalue weighted by atomic mass is 16.7. The largest absolute Gasteiger partial charge is 0.366 e. The summed E-state index contributed by atoms with van der Waals surface area (Å²) in [5.74, 6) is -0.708. The number of benzene rings is 1. The molecule has 0 bridgehead atoms. The highest BCUT2D eigenvalue weighted by Gasteiger charge is 2.27. The molecule has 0 fully saturated rings. The molecule has 2 N–H and O–H groups in total. The lowest BCUT2D eigenvalue weighted by atomic mass is 10.1. The van der Waals surface area contributed by atoms with E-state index in [0.29, 0.717) is 5.69 Å². The SMILES string of the molecule is CC1C=CC(C)N(c2ccc(C(N)=O)cc2[N+](=O)[O-])O1. The molecule has 106 valence electrons. The summed E-state index contributed by atoms with van der Waals surface area (Å²) in [5, 5.41) is 12.6. The molecule has 0 saturated heterocycles. The number of nitro benzene ring substituents is 1. The monoisotopic (exact) mass is 277 g/mol. The van der Waals surface area contributed by atoms with E-state index in [2.05, 4.69) is 0 Å². The molecule has 0 spiro atoms. The maximum Gasteiger partial charge on any atom is 0.295 e. The van der Waals surface area contributed by atoms with Gasteiger partial charge >= 0.3 is 0 Å². The smallest absolute Gasteiger partial charge is 0.295 e. The van der Waals surface area contributed by atoms with E-state index in [0.717, 1.165) is 6.07 Å². The van der Waals surface area contributed by atoms with Crippen LogP contribution in [0.2, 0.25) is 0 Å². The number of nitro groups is 1. The number of hydrogen-bond acceptors (Lipinski definition) is 5. The number of nitrogens with zero attached hydrogens (tertiary/aromatic N) is 2. The number of carbonyl (C=O) groups is 1. The molecule has 2 unspecified atom stereocenters. The number of hydroxylamine groups is 1. The van der Waals surface area contributed by atoms with Gasteiger partial charge in [0.15, 0.2) is 0 Å². The zero-order valence-corrected chi connectivity index (χ0v) is 11.1. The Balaban J connectivity index is 2.48. The lowest BCUT2D eigenvalue weighted by Gasteiger charge is -2.33. The van der Waals surface area contributed by atoms with Gasteiger partial charge < -0.3 is 5.73 Å². The third-order valence-corrected chi connectivity index (χ3v) is 3.00. The number of nitrogens with two attached hydrogens (primary N) is 1. The zero-order valence-electron chi connectivity index (χ0n) is 11.1. The summed E-state index contributed by atoms with van der Waals surface area (Å²) in [7, 11) is 0. The number of anilines is 1. The second-order valence-corrected chi connectivity index (χ2v) is 4.59. The van der Waals surface area contributed by atoms with Crippen molar-refractivity contribution in [3.63, 3.8) is 0 Å². The van der Waals surface area contributed by atoms with Crippen molar-refractivity contribution in [2.24, 2.45) is 5.73 Å². The highest BCUT2D eigenvalue weighted by Crippen LogP contribution is 2.32. The Morgan fingerprint density at radius 3 is 2.70 bits per heavy atom. The molecule has 0 saturated carbocycles. The van der Waals surface area contributed by atoms with Crippen molar-refractivity contribution in [1.82, 2.24) is 0 Å². The molecule has 7 nitrogen and oxygen atoms in total. The van der Waals surface area contributed by atoms with Gasteiger partial charge in [0.25, 0.3) is 5.69 Å². The second kappa shape index (κ2) is 5.30. The third kappa shape index (κ3) is 2.62. The summed E-state index contributed by atoms with van der Waals surface area (Å²) >= 11 is 0. The van der Waals surface area contributed by atoms with Crippen molar-refractivity contribution in [2.75, 3.05) is 5.06 Å². The summed E-state index contributed by atoms with van der Waals surface area (Å²) < 4.78 is 0. The molecule has 1 aliphatic heterocycles. The second-order valence-electron chi connectivity index (χ2n) is 4.59. The lowest BCUT2D eigenvalue weighted by Crippen LogP contribution is -2.38. The van der Waals surface area contributed by atoms with Crippen molar-refractivity contribution in [1.29, 1.82) is 0 Å². The number of hydrogen-bond donors (Lipinski definition) is 1. The van der Waals surface area contributed by atoms with Crippen molar-refractivity contribution < 1.29 is 14.6 Å². The number of primary amides is 1. The quantitative estimate of drug-likeness (QED) is 0.515. The number of amides is 1. The molecule has 1 aromatic rings. The molecule has 1 amide bonds. The molecule has 2 atom stereocenters. The fraction of sp³-hybridized carbons (Fsp3) is 0.308. The Hall–Kier alpha value is -2.41. The van der Waals surface area contributed by atoms with Crippen LogP contribution >= 0.6 is 0 Å². The summed E-state index contributed by atoms with van der Waals surface area (Å²) in [6.07, 6.45) is 3.60. The van der Waals surface area contributed by atoms with Gasteiger partial charge in [0.05, 0.1) is 11.0 Å². The first kappa shape index (κ1) is 14.0. The maximum atomic E-state index is 11.2. The summed E-state index contributed by atoms with van der Waals surface area (Å²) in [6.45, 7) is 3.69. The van der Waals surface area contributed by atoms with Gasteiger partial charge in [-0.15, -0.1) is 0 Å². The highest BCUT2D eigenvalue weighted by molar-refractivity contribution is 5.94. The van der Waals surface area contributed by atoms with Gasteiger partial charge in [-0.1, -0.05) is 12.2 Å². The van der Waals surface area contributed by atoms with Crippen LogP contribution in [0.1, 0.15) is 24.2 Å². The summed E-state index contributed by atoms with van der Waals surface area (Å²) in [6, 6.07) is 3.94. The van der Waals surface area contributed by atoms with E-state index in [1.807, 2.05) is 26.0 Å². The van der Waals surface area contributed by atoms with Gasteiger partial charge in [-0.3, -0.25) is 19.7 Å². The molecular weight excluding hydrogens is 262 g/mol. The fourth-order valence-electron chi connectivity index (χ4n) is 1.99. The van der Waals surface area contributed by atoms with E-state index in [4.69, 9.17) is 10.6 Å². The van der Waals surface area contributed by atoms with Crippen molar-refractivity contribution in [2.45, 2.75) is 26.0 Å². The molecule has 0 aliphatic carbocycles. The minimum Gasteiger partial charge on any atom is -0.366 e. The van der Waals surface area contributed by atoms with Crippen molar-refractivity contribution in [3.05, 3.63) is 46.0 Å². The first-order chi connectivity index (χ1) is 9.40. The standard InChI is InChI=1S/C13H15N3O4/c1-8-3-4-9(2)20-15(8)11-6-5-10(13(14)17)7-12(11)16(18)19/h3-9H,1-2H3,(H2,14,17). The predicted molar refractivity (Wildman–Crippen MR) is 73.2 cm³/mol. The molecule has 0 radical (unpaired) electrons. The van der Waals surface area contributed by atoms with E-state index in [-0.39, 0.29) is 23.4 Å². The van der Waals surface area contributed by atoms with E-state index >= 15 is 0 Å². The summed E-state index contributed by atoms with van der Waals surface area (Å²) in [4.78, 5) is 27.4. The number of rotatable bonds is 3. The van der Waals surface area contributed by atoms with E-state index in [1.165, 1.54) is 17.2 Å². The Morgan fingerprint density at radius 2 is 2.10 bits per heavy atom. The lowest BCUT2D eigenvalue weighted by molar-refractivity contribution is -0.384. The molecule has 2 rings (SSSR count). The first-order valence-electron chi connectivity index (χ1n) is 6.12. The van der Waals surface area contributed by atoms with Crippen LogP contribution in [0, 0.1) is 10.1 Å². The van der Waals surface area contributed by atoms with Crippen LogP contribution in [-0.2, 0) is 4.84 Å². The van der Waals surface area contributed by atoms with Gasteiger partial charge in [0, 0.05) is 11.6 Å². The molecule has 1 aromatic carbocycles. The number of carbonyl (C=O) groups excluding carboxylic acids is 1. The van der Waals surface area contributed by atoms with Crippen LogP contribution < -0.4 is 10.8 Å². The van der Waals surface area contributed by atoms with Crippen molar-refractivity contribution >= 4 is 17.3 Å². The normalized spacial score (nSPS) is 21.8. The van der Waals surface area contributed by atoms with E-state index in [1.54, 1.807) is 0 Å². The molecule has 0 aromatic heterocycles. The molecule has 7 heteroatoms. The van der Waals surface area contributed by atoms with Crippen LogP contribution in [0.15, 0.2) is 30.4 Å². The Bertz CT molecular complexity index is 585. The average Bonchev–Trinajstić information content (AvgIpc) is 2.40. The van der Waals surface area contributed by atoms with Gasteiger partial charge in [-0.05, 0) is 26.0 Å². The molecule has 1 heterocycles. The fourth-order valence-corrected chi connectivity index (χ4v) is 1.99. The molecule has 20 heavy (non-hydrogen) atoms. The minimum atomic E-state index is -0.708. The average molecular weight is 277 g/mol. The third-order valence-electron chi connectivity index (χ3n) is 3.00. The van der Waals surface area contributed by atoms with Crippen LogP contribution in [0.4, 0.5) is 11.4 Å².